The van der Waals surface area contributed by atoms with E-state index in [1.807, 2.05) is 0 Å². The SMILES string of the molecule is C[CH2][Al][CH2]C.[SiH4]. The Morgan fingerprint density at radius 2 is 1.50 bits per heavy atom. The molecule has 0 aromatic carbocycles. The van der Waals surface area contributed by atoms with E-state index >= 15 is 0 Å². The van der Waals surface area contributed by atoms with Gasteiger partial charge in [0.1, 0.15) is 0 Å². The second kappa shape index (κ2) is 9.23. The fourth-order valence-electron chi connectivity index (χ4n) is 0.289. The van der Waals surface area contributed by atoms with Crippen molar-refractivity contribution in [2.24, 2.45) is 0 Å². The smallest absolute Gasteiger partial charge is 0.106 e. The summed E-state index contributed by atoms with van der Waals surface area (Å²) in [6, 6.07) is 0. The number of hydrogen-bond donors (Lipinski definition) is 0. The van der Waals surface area contributed by atoms with Crippen molar-refractivity contribution in [3.63, 3.8) is 0 Å². The summed E-state index contributed by atoms with van der Waals surface area (Å²) in [5, 5.41) is 2.85. The van der Waals surface area contributed by atoms with E-state index < -0.39 is 0 Å². The Hall–Kier alpha value is 0.749. The second-order valence-corrected chi connectivity index (χ2v) is 3.32. The first-order valence-corrected chi connectivity index (χ1v) is 3.86. The van der Waals surface area contributed by atoms with Gasteiger partial charge in [-0.25, -0.2) is 0 Å². The molecule has 0 N–H and O–H groups in total. The standard InChI is InChI=1S/2C2H5.Al.H4Si/c2*1-2;;/h2*1H2,2H3;;1H4. The molecule has 0 fully saturated rings. The third kappa shape index (κ3) is 8.83. The third-order valence-electron chi connectivity index (χ3n) is 0.577. The molecule has 0 atom stereocenters. The quantitative estimate of drug-likeness (QED) is 0.451. The molecule has 0 saturated carbocycles. The van der Waals surface area contributed by atoms with E-state index in [4.69, 9.17) is 0 Å². The van der Waals surface area contributed by atoms with Gasteiger partial charge < -0.3 is 0 Å². The van der Waals surface area contributed by atoms with Crippen LogP contribution in [0.15, 0.2) is 0 Å². The molecule has 0 aliphatic heterocycles. The van der Waals surface area contributed by atoms with Crippen molar-refractivity contribution < 1.29 is 0 Å². The highest BCUT2D eigenvalue weighted by molar-refractivity contribution is 6.34. The van der Waals surface area contributed by atoms with Gasteiger partial charge in [0, 0.05) is 0 Å². The summed E-state index contributed by atoms with van der Waals surface area (Å²) in [5.41, 5.74) is 0. The predicted molar refractivity (Wildman–Crippen MR) is 38.0 cm³/mol. The molecule has 0 nitrogen and oxygen atoms in total. The van der Waals surface area contributed by atoms with E-state index in [-0.39, 0.29) is 11.0 Å². The first-order valence-electron chi connectivity index (χ1n) is 2.23. The van der Waals surface area contributed by atoms with Crippen LogP contribution in [-0.4, -0.2) is 26.2 Å². The molecule has 0 aromatic heterocycles. The van der Waals surface area contributed by atoms with E-state index in [2.05, 4.69) is 13.8 Å². The van der Waals surface area contributed by atoms with Gasteiger partial charge in [0.15, 0.2) is 15.2 Å². The molecule has 0 amide bonds. The van der Waals surface area contributed by atoms with E-state index in [0.29, 0.717) is 0 Å². The van der Waals surface area contributed by atoms with Crippen LogP contribution in [0.25, 0.3) is 0 Å². The van der Waals surface area contributed by atoms with Crippen molar-refractivity contribution in [1.29, 1.82) is 0 Å². The molecule has 0 spiro atoms. The van der Waals surface area contributed by atoms with Gasteiger partial charge in [0.05, 0.1) is 0 Å². The van der Waals surface area contributed by atoms with Gasteiger partial charge in [-0.05, 0) is 11.0 Å². The first-order chi connectivity index (χ1) is 2.41. The van der Waals surface area contributed by atoms with E-state index in [1.54, 1.807) is 0 Å². The van der Waals surface area contributed by atoms with Crippen molar-refractivity contribution in [1.82, 2.24) is 0 Å². The normalized spacial score (nSPS) is 6.33. The summed E-state index contributed by atoms with van der Waals surface area (Å²) in [6.07, 6.45) is 0. The molecule has 0 bridgehead atoms. The van der Waals surface area contributed by atoms with E-state index in [9.17, 15) is 0 Å². The Morgan fingerprint density at radius 3 is 1.50 bits per heavy atom. The van der Waals surface area contributed by atoms with Gasteiger partial charge in [-0.1, -0.05) is 13.8 Å². The zero-order chi connectivity index (χ0) is 4.12. The van der Waals surface area contributed by atoms with Crippen LogP contribution in [-0.2, 0) is 0 Å². The Bertz CT molecular complexity index is 15.0. The van der Waals surface area contributed by atoms with Crippen LogP contribution in [0, 0.1) is 0 Å². The largest absolute Gasteiger partial charge is 0.198 e. The van der Waals surface area contributed by atoms with Crippen molar-refractivity contribution in [3.05, 3.63) is 0 Å². The van der Waals surface area contributed by atoms with Gasteiger partial charge >= 0.3 is 0 Å². The van der Waals surface area contributed by atoms with Crippen molar-refractivity contribution >= 4 is 26.2 Å². The molecule has 6 heavy (non-hydrogen) atoms. The van der Waals surface area contributed by atoms with Crippen LogP contribution in [0.4, 0.5) is 0 Å². The maximum atomic E-state index is 2.25. The van der Waals surface area contributed by atoms with Crippen molar-refractivity contribution in [2.75, 3.05) is 0 Å². The molecular weight excluding hydrogens is 103 g/mol. The molecule has 0 aromatic rings. The molecule has 0 heterocycles. The van der Waals surface area contributed by atoms with Crippen LogP contribution in [0.2, 0.25) is 10.6 Å². The molecule has 0 saturated heterocycles. The summed E-state index contributed by atoms with van der Waals surface area (Å²) < 4.78 is 0. The molecular formula is C4H14AlSi. The summed E-state index contributed by atoms with van der Waals surface area (Å²) in [6.45, 7) is 4.50. The Balaban J connectivity index is 0. The van der Waals surface area contributed by atoms with Gasteiger partial charge in [0.2, 0.25) is 0 Å². The number of rotatable bonds is 2. The molecule has 0 rings (SSSR count). The average molecular weight is 117 g/mol. The second-order valence-electron chi connectivity index (χ2n) is 1.11. The summed E-state index contributed by atoms with van der Waals surface area (Å²) >= 11 is 0.815. The van der Waals surface area contributed by atoms with E-state index in [1.165, 1.54) is 10.6 Å². The lowest BCUT2D eigenvalue weighted by Gasteiger charge is -1.74. The number of hydrogen-bond acceptors (Lipinski definition) is 0. The van der Waals surface area contributed by atoms with Crippen molar-refractivity contribution in [2.45, 2.75) is 24.4 Å². The van der Waals surface area contributed by atoms with Gasteiger partial charge in [-0.3, -0.25) is 0 Å². The molecule has 2 heteroatoms. The first kappa shape index (κ1) is 9.89. The summed E-state index contributed by atoms with van der Waals surface area (Å²) in [5.74, 6) is 0. The molecule has 37 valence electrons. The van der Waals surface area contributed by atoms with Crippen LogP contribution in [0.3, 0.4) is 0 Å². The Kier molecular flexibility index (Phi) is 15.2. The zero-order valence-electron chi connectivity index (χ0n) is 3.99. The summed E-state index contributed by atoms with van der Waals surface area (Å²) in [7, 11) is 0. The topological polar surface area (TPSA) is 0 Å². The fourth-order valence-corrected chi connectivity index (χ4v) is 0.866. The molecule has 1 radical (unpaired) electrons. The minimum Gasteiger partial charge on any atom is -0.106 e. The fraction of sp³-hybridized carbons (Fsp3) is 1.00. The van der Waals surface area contributed by atoms with Gasteiger partial charge in [0.25, 0.3) is 0 Å². The third-order valence-corrected chi connectivity index (χ3v) is 1.73. The van der Waals surface area contributed by atoms with Crippen LogP contribution >= 0.6 is 0 Å². The maximum Gasteiger partial charge on any atom is 0.198 e. The minimum absolute atomic E-state index is 0. The van der Waals surface area contributed by atoms with Gasteiger partial charge in [-0.15, -0.1) is 10.6 Å². The van der Waals surface area contributed by atoms with Crippen molar-refractivity contribution in [3.8, 4) is 0 Å². The van der Waals surface area contributed by atoms with Gasteiger partial charge in [-0.2, -0.15) is 0 Å². The maximum absolute atomic E-state index is 2.25. The molecule has 0 aliphatic rings. The zero-order valence-corrected chi connectivity index (χ0v) is 5.15. The average Bonchev–Trinajstić information content (AvgIpc) is 1.41. The summed E-state index contributed by atoms with van der Waals surface area (Å²) in [4.78, 5) is 0. The highest BCUT2D eigenvalue weighted by Gasteiger charge is 1.74. The van der Waals surface area contributed by atoms with Crippen LogP contribution in [0.5, 0.6) is 0 Å². The molecule has 0 unspecified atom stereocenters. The highest BCUT2D eigenvalue weighted by atomic mass is 28.1. The Labute approximate surface area is 51.1 Å². The lowest BCUT2D eigenvalue weighted by Crippen LogP contribution is -1.76. The lowest BCUT2D eigenvalue weighted by molar-refractivity contribution is 1.36. The Morgan fingerprint density at radius 1 is 1.17 bits per heavy atom. The van der Waals surface area contributed by atoms with Crippen LogP contribution in [0.1, 0.15) is 13.8 Å². The highest BCUT2D eigenvalue weighted by Crippen LogP contribution is 1.77. The van der Waals surface area contributed by atoms with Crippen LogP contribution < -0.4 is 0 Å². The molecule has 0 aliphatic carbocycles. The van der Waals surface area contributed by atoms with E-state index in [0.717, 1.165) is 15.2 Å². The predicted octanol–water partition coefficient (Wildman–Crippen LogP) is 0.115. The monoisotopic (exact) mass is 117 g/mol. The lowest BCUT2D eigenvalue weighted by atomic mass is 10.9. The minimum atomic E-state index is 0.